The Balaban J connectivity index is 1.42. The lowest BCUT2D eigenvalue weighted by atomic mass is 10.1. The van der Waals surface area contributed by atoms with Crippen molar-refractivity contribution in [3.63, 3.8) is 0 Å². The second-order valence-electron chi connectivity index (χ2n) is 6.34. The number of nitrogens with zero attached hydrogens (tertiary/aromatic N) is 2. The first-order valence-electron chi connectivity index (χ1n) is 9.00. The maximum atomic E-state index is 5.94. The van der Waals surface area contributed by atoms with Crippen molar-refractivity contribution in [2.75, 3.05) is 13.6 Å². The van der Waals surface area contributed by atoms with Crippen LogP contribution in [0.1, 0.15) is 34.9 Å². The molecule has 138 valence electrons. The Bertz CT molecular complexity index is 881. The fourth-order valence-corrected chi connectivity index (χ4v) is 3.72. The summed E-state index contributed by atoms with van der Waals surface area (Å²) in [6.45, 7) is 5.65. The zero-order chi connectivity index (χ0) is 18.4. The topological polar surface area (TPSA) is 62.5 Å². The van der Waals surface area contributed by atoms with Crippen molar-refractivity contribution < 1.29 is 4.42 Å². The minimum absolute atomic E-state index is 0.624. The number of furan rings is 1. The highest BCUT2D eigenvalue weighted by Gasteiger charge is 2.10. The maximum absolute atomic E-state index is 5.94. The van der Waals surface area contributed by atoms with Gasteiger partial charge in [0.15, 0.2) is 5.96 Å². The molecule has 26 heavy (non-hydrogen) atoms. The number of aromatic nitrogens is 1. The van der Waals surface area contributed by atoms with Crippen LogP contribution in [0, 0.1) is 13.8 Å². The summed E-state index contributed by atoms with van der Waals surface area (Å²) in [6.07, 6.45) is 3.26. The monoisotopic (exact) mass is 370 g/mol. The van der Waals surface area contributed by atoms with Crippen LogP contribution < -0.4 is 10.6 Å². The molecule has 0 amide bonds. The number of aryl methyl sites for hydroxylation is 3. The molecule has 1 aromatic carbocycles. The number of guanidine groups is 1. The van der Waals surface area contributed by atoms with Gasteiger partial charge in [0.25, 0.3) is 0 Å². The molecule has 6 heteroatoms. The number of thiazole rings is 1. The van der Waals surface area contributed by atoms with E-state index in [9.17, 15) is 0 Å². The molecular weight excluding hydrogens is 344 g/mol. The SMILES string of the molecule is CN=C(NCCCCc1nc(C)cs1)NCc1oc2ccccc2c1C. The van der Waals surface area contributed by atoms with Crippen LogP contribution in [0.5, 0.6) is 0 Å². The maximum Gasteiger partial charge on any atom is 0.191 e. The van der Waals surface area contributed by atoms with Gasteiger partial charge < -0.3 is 15.1 Å². The summed E-state index contributed by atoms with van der Waals surface area (Å²) in [5.41, 5.74) is 3.23. The van der Waals surface area contributed by atoms with Gasteiger partial charge in [-0.25, -0.2) is 4.98 Å². The van der Waals surface area contributed by atoms with E-state index in [2.05, 4.69) is 39.0 Å². The second kappa shape index (κ2) is 8.85. The zero-order valence-corrected chi connectivity index (χ0v) is 16.4. The number of hydrogen-bond acceptors (Lipinski definition) is 4. The van der Waals surface area contributed by atoms with E-state index >= 15 is 0 Å². The number of unbranched alkanes of at least 4 members (excludes halogenated alkanes) is 1. The Hall–Kier alpha value is -2.34. The molecule has 2 heterocycles. The molecule has 0 atom stereocenters. The molecule has 3 aromatic rings. The summed E-state index contributed by atoms with van der Waals surface area (Å²) >= 11 is 1.75. The number of benzene rings is 1. The number of hydrogen-bond donors (Lipinski definition) is 2. The Morgan fingerprint density at radius 1 is 1.19 bits per heavy atom. The Morgan fingerprint density at radius 2 is 2.04 bits per heavy atom. The van der Waals surface area contributed by atoms with Gasteiger partial charge in [-0.3, -0.25) is 4.99 Å². The second-order valence-corrected chi connectivity index (χ2v) is 7.28. The van der Waals surface area contributed by atoms with Crippen LogP contribution >= 0.6 is 11.3 Å². The van der Waals surface area contributed by atoms with Gasteiger partial charge in [-0.15, -0.1) is 11.3 Å². The van der Waals surface area contributed by atoms with Gasteiger partial charge in [-0.05, 0) is 39.2 Å². The molecule has 0 radical (unpaired) electrons. The van der Waals surface area contributed by atoms with Crippen LogP contribution in [0.25, 0.3) is 11.0 Å². The molecular formula is C20H26N4OS. The molecule has 0 aliphatic rings. The number of nitrogens with one attached hydrogen (secondary N) is 2. The van der Waals surface area contributed by atoms with Crippen LogP contribution in [0.2, 0.25) is 0 Å². The smallest absolute Gasteiger partial charge is 0.191 e. The predicted molar refractivity (Wildman–Crippen MR) is 109 cm³/mol. The van der Waals surface area contributed by atoms with E-state index in [1.807, 2.05) is 25.1 Å². The van der Waals surface area contributed by atoms with Crippen LogP contribution in [0.3, 0.4) is 0 Å². The summed E-state index contributed by atoms with van der Waals surface area (Å²) in [5, 5.41) is 11.2. The van der Waals surface area contributed by atoms with Crippen LogP contribution in [-0.4, -0.2) is 24.5 Å². The van der Waals surface area contributed by atoms with Crippen molar-refractivity contribution in [3.05, 3.63) is 51.7 Å². The minimum atomic E-state index is 0.624. The standard InChI is InChI=1S/C20H26N4OS/c1-14-13-26-19(24-14)10-6-7-11-22-20(21-3)23-12-18-15(2)16-8-4-5-9-17(16)25-18/h4-5,8-9,13H,6-7,10-12H2,1-3H3,(H2,21,22,23). The van der Waals surface area contributed by atoms with E-state index in [0.717, 1.165) is 48.8 Å². The summed E-state index contributed by atoms with van der Waals surface area (Å²) in [4.78, 5) is 8.79. The number of para-hydroxylation sites is 1. The van der Waals surface area contributed by atoms with Crippen molar-refractivity contribution in [3.8, 4) is 0 Å². The molecule has 0 aliphatic heterocycles. The first kappa shape index (κ1) is 18.5. The highest BCUT2D eigenvalue weighted by Crippen LogP contribution is 2.24. The molecule has 5 nitrogen and oxygen atoms in total. The zero-order valence-electron chi connectivity index (χ0n) is 15.6. The summed E-state index contributed by atoms with van der Waals surface area (Å²) < 4.78 is 5.94. The largest absolute Gasteiger partial charge is 0.459 e. The van der Waals surface area contributed by atoms with Gasteiger partial charge in [0, 0.05) is 35.6 Å². The lowest BCUT2D eigenvalue weighted by molar-refractivity contribution is 0.534. The van der Waals surface area contributed by atoms with Crippen molar-refractivity contribution >= 4 is 28.3 Å². The number of rotatable bonds is 7. The van der Waals surface area contributed by atoms with E-state index < -0.39 is 0 Å². The molecule has 0 unspecified atom stereocenters. The molecule has 2 N–H and O–H groups in total. The summed E-state index contributed by atoms with van der Waals surface area (Å²) in [6, 6.07) is 8.13. The van der Waals surface area contributed by atoms with Gasteiger partial charge in [0.2, 0.25) is 0 Å². The van der Waals surface area contributed by atoms with E-state index in [1.165, 1.54) is 16.0 Å². The van der Waals surface area contributed by atoms with E-state index in [4.69, 9.17) is 4.42 Å². The third kappa shape index (κ3) is 4.64. The molecule has 0 spiro atoms. The van der Waals surface area contributed by atoms with Crippen molar-refractivity contribution in [1.82, 2.24) is 15.6 Å². The Labute approximate surface area is 158 Å². The third-order valence-corrected chi connectivity index (χ3v) is 5.39. The summed E-state index contributed by atoms with van der Waals surface area (Å²) in [5.74, 6) is 1.75. The third-order valence-electron chi connectivity index (χ3n) is 4.36. The highest BCUT2D eigenvalue weighted by molar-refractivity contribution is 7.09. The van der Waals surface area contributed by atoms with Gasteiger partial charge >= 0.3 is 0 Å². The van der Waals surface area contributed by atoms with Gasteiger partial charge in [-0.1, -0.05) is 18.2 Å². The predicted octanol–water partition coefficient (Wildman–Crippen LogP) is 4.19. The Morgan fingerprint density at radius 3 is 2.77 bits per heavy atom. The quantitative estimate of drug-likeness (QED) is 0.372. The van der Waals surface area contributed by atoms with Crippen LogP contribution in [0.15, 0.2) is 39.1 Å². The normalized spacial score (nSPS) is 11.9. The van der Waals surface area contributed by atoms with Crippen molar-refractivity contribution in [2.24, 2.45) is 4.99 Å². The van der Waals surface area contributed by atoms with Crippen molar-refractivity contribution in [1.29, 1.82) is 0 Å². The van der Waals surface area contributed by atoms with Gasteiger partial charge in [0.05, 0.1) is 11.6 Å². The molecule has 0 fully saturated rings. The van der Waals surface area contributed by atoms with E-state index in [0.29, 0.717) is 6.54 Å². The number of aliphatic imine (C=N–C) groups is 1. The first-order chi connectivity index (χ1) is 12.7. The van der Waals surface area contributed by atoms with Gasteiger partial charge in [-0.2, -0.15) is 0 Å². The fourth-order valence-electron chi connectivity index (χ4n) is 2.90. The molecule has 3 rings (SSSR count). The molecule has 2 aromatic heterocycles. The first-order valence-corrected chi connectivity index (χ1v) is 9.88. The summed E-state index contributed by atoms with van der Waals surface area (Å²) in [7, 11) is 1.79. The average molecular weight is 371 g/mol. The average Bonchev–Trinajstić information content (AvgIpc) is 3.21. The highest BCUT2D eigenvalue weighted by atomic mass is 32.1. The molecule has 0 aliphatic carbocycles. The van der Waals surface area contributed by atoms with Crippen LogP contribution in [0.4, 0.5) is 0 Å². The van der Waals surface area contributed by atoms with Gasteiger partial charge in [0.1, 0.15) is 11.3 Å². The lowest BCUT2D eigenvalue weighted by Gasteiger charge is -2.11. The van der Waals surface area contributed by atoms with E-state index in [1.54, 1.807) is 18.4 Å². The lowest BCUT2D eigenvalue weighted by Crippen LogP contribution is -2.37. The fraction of sp³-hybridized carbons (Fsp3) is 0.400. The molecule has 0 bridgehead atoms. The van der Waals surface area contributed by atoms with Crippen LogP contribution in [-0.2, 0) is 13.0 Å². The molecule has 0 saturated carbocycles. The number of fused-ring (bicyclic) bond motifs is 1. The molecule has 0 saturated heterocycles. The minimum Gasteiger partial charge on any atom is -0.459 e. The Kier molecular flexibility index (Phi) is 6.28. The van der Waals surface area contributed by atoms with E-state index in [-0.39, 0.29) is 0 Å². The van der Waals surface area contributed by atoms with Crippen molar-refractivity contribution in [2.45, 2.75) is 39.7 Å².